The highest BCUT2D eigenvalue weighted by Gasteiger charge is 2.30. The van der Waals surface area contributed by atoms with Crippen LogP contribution >= 0.6 is 11.3 Å². The molecular formula is C11H19N3O5S2. The number of hydrogen-bond donors (Lipinski definition) is 1. The molecule has 0 unspecified atom stereocenters. The van der Waals surface area contributed by atoms with E-state index in [0.29, 0.717) is 11.3 Å². The number of sulfonamides is 1. The number of nitrogens with zero attached hydrogens (tertiary/aromatic N) is 2. The van der Waals surface area contributed by atoms with Crippen LogP contribution in [0.3, 0.4) is 0 Å². The molecule has 1 amide bonds. The zero-order chi connectivity index (χ0) is 16.2. The molecule has 0 saturated heterocycles. The number of methoxy groups -OCH3 is 1. The van der Waals surface area contributed by atoms with E-state index < -0.39 is 14.9 Å². The molecule has 0 atom stereocenters. The van der Waals surface area contributed by atoms with E-state index in [-0.39, 0.29) is 35.5 Å². The van der Waals surface area contributed by atoms with E-state index in [1.807, 2.05) is 0 Å². The number of likely N-dealkylation sites (N-methyl/N-ethyl adjacent to an activating group) is 1. The van der Waals surface area contributed by atoms with Crippen LogP contribution in [0.4, 0.5) is 0 Å². The van der Waals surface area contributed by atoms with Crippen molar-refractivity contribution in [2.75, 3.05) is 40.9 Å². The van der Waals surface area contributed by atoms with E-state index in [1.54, 1.807) is 14.1 Å². The second kappa shape index (κ2) is 7.16. The van der Waals surface area contributed by atoms with Crippen molar-refractivity contribution in [2.45, 2.75) is 11.1 Å². The number of carbonyl (C=O) groups is 1. The molecular weight excluding hydrogens is 318 g/mol. The van der Waals surface area contributed by atoms with Crippen molar-refractivity contribution in [1.29, 1.82) is 0 Å². The monoisotopic (exact) mass is 337 g/mol. The lowest BCUT2D eigenvalue weighted by Crippen LogP contribution is -2.41. The molecule has 1 aromatic heterocycles. The SMILES string of the molecule is COCCN(CC(=O)N(C)C)S(=O)(=O)c1sc(=O)[nH]c1C. The first-order valence-electron chi connectivity index (χ1n) is 6.09. The quantitative estimate of drug-likeness (QED) is 0.721. The van der Waals surface area contributed by atoms with Crippen LogP contribution in [0.1, 0.15) is 5.69 Å². The third kappa shape index (κ3) is 4.37. The normalized spacial score (nSPS) is 11.9. The van der Waals surface area contributed by atoms with Gasteiger partial charge in [0.2, 0.25) is 5.91 Å². The van der Waals surface area contributed by atoms with Gasteiger partial charge in [-0.3, -0.25) is 9.59 Å². The Balaban J connectivity index is 3.14. The molecule has 21 heavy (non-hydrogen) atoms. The molecule has 0 bridgehead atoms. The molecule has 8 nitrogen and oxygen atoms in total. The molecule has 1 heterocycles. The van der Waals surface area contributed by atoms with Crippen molar-refractivity contribution in [3.8, 4) is 0 Å². The van der Waals surface area contributed by atoms with E-state index in [1.165, 1.54) is 18.9 Å². The van der Waals surface area contributed by atoms with Gasteiger partial charge in [0.05, 0.1) is 13.2 Å². The van der Waals surface area contributed by atoms with Gasteiger partial charge in [0.25, 0.3) is 10.0 Å². The van der Waals surface area contributed by atoms with Gasteiger partial charge in [0.15, 0.2) is 4.21 Å². The molecule has 0 fully saturated rings. The molecule has 1 aromatic rings. The largest absolute Gasteiger partial charge is 0.383 e. The predicted octanol–water partition coefficient (Wildman–Crippen LogP) is -0.530. The zero-order valence-corrected chi connectivity index (χ0v) is 14.0. The second-order valence-electron chi connectivity index (χ2n) is 4.55. The van der Waals surface area contributed by atoms with Crippen LogP contribution in [0.15, 0.2) is 9.00 Å². The highest BCUT2D eigenvalue weighted by molar-refractivity contribution is 7.91. The van der Waals surface area contributed by atoms with Gasteiger partial charge in [0.1, 0.15) is 0 Å². The van der Waals surface area contributed by atoms with Gasteiger partial charge < -0.3 is 14.6 Å². The maximum absolute atomic E-state index is 12.6. The average Bonchev–Trinajstić information content (AvgIpc) is 2.73. The highest BCUT2D eigenvalue weighted by Crippen LogP contribution is 2.21. The van der Waals surface area contributed by atoms with E-state index >= 15 is 0 Å². The number of thiazole rings is 1. The number of rotatable bonds is 7. The Kier molecular flexibility index (Phi) is 6.08. The molecule has 0 aliphatic carbocycles. The minimum atomic E-state index is -3.92. The van der Waals surface area contributed by atoms with Crippen molar-refractivity contribution in [3.63, 3.8) is 0 Å². The molecule has 1 rings (SSSR count). The summed E-state index contributed by atoms with van der Waals surface area (Å²) in [5, 5.41) is 0. The Morgan fingerprint density at radius 1 is 1.38 bits per heavy atom. The van der Waals surface area contributed by atoms with Gasteiger partial charge in [-0.15, -0.1) is 0 Å². The van der Waals surface area contributed by atoms with Crippen molar-refractivity contribution in [3.05, 3.63) is 15.4 Å². The van der Waals surface area contributed by atoms with Gasteiger partial charge in [0, 0.05) is 33.4 Å². The fourth-order valence-electron chi connectivity index (χ4n) is 1.52. The molecule has 0 aliphatic rings. The van der Waals surface area contributed by atoms with Crippen molar-refractivity contribution < 1.29 is 17.9 Å². The topological polar surface area (TPSA) is 99.8 Å². The number of aromatic nitrogens is 1. The van der Waals surface area contributed by atoms with Crippen molar-refractivity contribution in [1.82, 2.24) is 14.2 Å². The molecule has 0 radical (unpaired) electrons. The number of ether oxygens (including phenoxy) is 1. The first-order valence-corrected chi connectivity index (χ1v) is 8.34. The summed E-state index contributed by atoms with van der Waals surface area (Å²) >= 11 is 0.612. The Morgan fingerprint density at radius 3 is 2.43 bits per heavy atom. The van der Waals surface area contributed by atoms with Crippen molar-refractivity contribution >= 4 is 27.3 Å². The Morgan fingerprint density at radius 2 is 2.00 bits per heavy atom. The summed E-state index contributed by atoms with van der Waals surface area (Å²) < 4.78 is 31.0. The lowest BCUT2D eigenvalue weighted by Gasteiger charge is -2.22. The first kappa shape index (κ1) is 17.8. The number of carbonyl (C=O) groups excluding carboxylic acids is 1. The molecule has 1 N–H and O–H groups in total. The molecule has 0 saturated carbocycles. The maximum Gasteiger partial charge on any atom is 0.305 e. The number of aryl methyl sites for hydroxylation is 1. The summed E-state index contributed by atoms with van der Waals surface area (Å²) in [5.41, 5.74) is 0.268. The number of amides is 1. The lowest BCUT2D eigenvalue weighted by atomic mass is 10.5. The van der Waals surface area contributed by atoms with Crippen LogP contribution in [0, 0.1) is 6.92 Å². The highest BCUT2D eigenvalue weighted by atomic mass is 32.2. The van der Waals surface area contributed by atoms with Crippen LogP contribution in [0.5, 0.6) is 0 Å². The third-order valence-electron chi connectivity index (χ3n) is 2.71. The summed E-state index contributed by atoms with van der Waals surface area (Å²) in [4.78, 5) is 26.4. The van der Waals surface area contributed by atoms with Crippen LogP contribution in [-0.2, 0) is 19.6 Å². The minimum absolute atomic E-state index is 0.0317. The summed E-state index contributed by atoms with van der Waals surface area (Å²) in [6, 6.07) is 0. The van der Waals surface area contributed by atoms with E-state index in [2.05, 4.69) is 4.98 Å². The standard InChI is InChI=1S/C11H19N3O5S2/c1-8-10(20-11(16)12-8)21(17,18)14(5-6-19-4)7-9(15)13(2)3/h5-7H2,1-4H3,(H,12,16). The molecule has 0 spiro atoms. The molecule has 120 valence electrons. The first-order chi connectivity index (χ1) is 9.70. The Hall–Kier alpha value is -1.23. The Labute approximate surface area is 127 Å². The third-order valence-corrected chi connectivity index (χ3v) is 6.14. The van der Waals surface area contributed by atoms with Gasteiger partial charge in [-0.05, 0) is 6.92 Å². The van der Waals surface area contributed by atoms with Crippen LogP contribution in [0.2, 0.25) is 0 Å². The summed E-state index contributed by atoms with van der Waals surface area (Å²) in [6.07, 6.45) is 0. The number of H-pyrrole nitrogens is 1. The Bertz CT molecular complexity index is 647. The van der Waals surface area contributed by atoms with Gasteiger partial charge in [-0.2, -0.15) is 4.31 Å². The van der Waals surface area contributed by atoms with E-state index in [4.69, 9.17) is 4.74 Å². The van der Waals surface area contributed by atoms with Crippen LogP contribution in [-0.4, -0.2) is 69.4 Å². The fraction of sp³-hybridized carbons (Fsp3) is 0.636. The molecule has 0 aromatic carbocycles. The lowest BCUT2D eigenvalue weighted by molar-refractivity contribution is -0.128. The van der Waals surface area contributed by atoms with Crippen LogP contribution < -0.4 is 4.87 Å². The summed E-state index contributed by atoms with van der Waals surface area (Å²) in [7, 11) is 0.614. The minimum Gasteiger partial charge on any atom is -0.383 e. The number of hydrogen-bond acceptors (Lipinski definition) is 6. The van der Waals surface area contributed by atoms with Gasteiger partial charge >= 0.3 is 4.87 Å². The summed E-state index contributed by atoms with van der Waals surface area (Å²) in [6.45, 7) is 1.39. The van der Waals surface area contributed by atoms with E-state index in [0.717, 1.165) is 4.31 Å². The molecule has 10 heteroatoms. The number of nitrogens with one attached hydrogen (secondary N) is 1. The van der Waals surface area contributed by atoms with Gasteiger partial charge in [-0.1, -0.05) is 11.3 Å². The predicted molar refractivity (Wildman–Crippen MR) is 79.0 cm³/mol. The number of aromatic amines is 1. The molecule has 0 aliphatic heterocycles. The summed E-state index contributed by atoms with van der Waals surface area (Å²) in [5.74, 6) is -0.352. The zero-order valence-electron chi connectivity index (χ0n) is 12.4. The smallest absolute Gasteiger partial charge is 0.305 e. The van der Waals surface area contributed by atoms with Crippen LogP contribution in [0.25, 0.3) is 0 Å². The van der Waals surface area contributed by atoms with Crippen molar-refractivity contribution in [2.24, 2.45) is 0 Å². The van der Waals surface area contributed by atoms with Gasteiger partial charge in [-0.25, -0.2) is 8.42 Å². The maximum atomic E-state index is 12.6. The average molecular weight is 337 g/mol. The second-order valence-corrected chi connectivity index (χ2v) is 7.66. The fourth-order valence-corrected chi connectivity index (χ4v) is 4.33. The van der Waals surface area contributed by atoms with E-state index in [9.17, 15) is 18.0 Å².